The van der Waals surface area contributed by atoms with Gasteiger partial charge in [0.2, 0.25) is 0 Å². The Balaban J connectivity index is 2.06. The Bertz CT molecular complexity index is 297. The van der Waals surface area contributed by atoms with Crippen LogP contribution in [0.5, 0.6) is 0 Å². The van der Waals surface area contributed by atoms with Gasteiger partial charge < -0.3 is 9.32 Å². The van der Waals surface area contributed by atoms with E-state index in [0.29, 0.717) is 12.1 Å². The normalized spacial score (nSPS) is 22.2. The van der Waals surface area contributed by atoms with Crippen LogP contribution in [0.3, 0.4) is 0 Å². The summed E-state index contributed by atoms with van der Waals surface area (Å²) in [6.45, 7) is 1.39. The maximum atomic E-state index is 11.7. The summed E-state index contributed by atoms with van der Waals surface area (Å²) in [7, 11) is 0. The topological polar surface area (TPSA) is 33.5 Å². The second-order valence-corrected chi connectivity index (χ2v) is 3.77. The predicted octanol–water partition coefficient (Wildman–Crippen LogP) is 1.73. The van der Waals surface area contributed by atoms with Gasteiger partial charge in [0.15, 0.2) is 0 Å². The molecule has 0 aromatic carbocycles. The van der Waals surface area contributed by atoms with Crippen LogP contribution >= 0.6 is 11.6 Å². The fourth-order valence-electron chi connectivity index (χ4n) is 1.47. The molecule has 2 heterocycles. The lowest BCUT2D eigenvalue weighted by atomic mass is 10.3. The van der Waals surface area contributed by atoms with Crippen LogP contribution in [0.15, 0.2) is 23.0 Å². The van der Waals surface area contributed by atoms with E-state index in [-0.39, 0.29) is 11.3 Å². The van der Waals surface area contributed by atoms with Gasteiger partial charge in [-0.15, -0.1) is 11.6 Å². The third kappa shape index (κ3) is 1.70. The molecule has 1 aliphatic heterocycles. The third-order valence-electron chi connectivity index (χ3n) is 2.19. The van der Waals surface area contributed by atoms with Crippen molar-refractivity contribution in [1.82, 2.24) is 4.90 Å². The standard InChI is InChI=1S/C9H10ClNO2/c10-8-1-3-11(5-8)9(12)7-2-4-13-6-7/h2,4,6,8H,1,3,5H2. The lowest BCUT2D eigenvalue weighted by molar-refractivity contribution is 0.0792. The minimum Gasteiger partial charge on any atom is -0.472 e. The number of likely N-dealkylation sites (tertiary alicyclic amines) is 1. The highest BCUT2D eigenvalue weighted by molar-refractivity contribution is 6.21. The number of halogens is 1. The van der Waals surface area contributed by atoms with Crippen LogP contribution < -0.4 is 0 Å². The van der Waals surface area contributed by atoms with Gasteiger partial charge in [-0.2, -0.15) is 0 Å². The highest BCUT2D eigenvalue weighted by Gasteiger charge is 2.25. The van der Waals surface area contributed by atoms with Gasteiger partial charge >= 0.3 is 0 Å². The monoisotopic (exact) mass is 199 g/mol. The van der Waals surface area contributed by atoms with Crippen molar-refractivity contribution in [2.75, 3.05) is 13.1 Å². The number of carbonyl (C=O) groups excluding carboxylic acids is 1. The molecule has 1 aromatic rings. The molecular weight excluding hydrogens is 190 g/mol. The van der Waals surface area contributed by atoms with Crippen molar-refractivity contribution in [3.8, 4) is 0 Å². The van der Waals surface area contributed by atoms with E-state index >= 15 is 0 Å². The van der Waals surface area contributed by atoms with E-state index in [0.717, 1.165) is 13.0 Å². The van der Waals surface area contributed by atoms with E-state index in [1.807, 2.05) is 0 Å². The number of hydrogen-bond acceptors (Lipinski definition) is 2. The molecule has 1 unspecified atom stereocenters. The van der Waals surface area contributed by atoms with Crippen molar-refractivity contribution < 1.29 is 9.21 Å². The Morgan fingerprint density at radius 2 is 2.54 bits per heavy atom. The average molecular weight is 200 g/mol. The van der Waals surface area contributed by atoms with E-state index < -0.39 is 0 Å². The lowest BCUT2D eigenvalue weighted by Crippen LogP contribution is -2.28. The fourth-order valence-corrected chi connectivity index (χ4v) is 1.74. The van der Waals surface area contributed by atoms with Gasteiger partial charge in [-0.25, -0.2) is 0 Å². The van der Waals surface area contributed by atoms with Gasteiger partial charge in [-0.05, 0) is 12.5 Å². The molecule has 0 spiro atoms. The summed E-state index contributed by atoms with van der Waals surface area (Å²) in [4.78, 5) is 13.4. The van der Waals surface area contributed by atoms with Crippen molar-refractivity contribution in [3.63, 3.8) is 0 Å². The van der Waals surface area contributed by atoms with Gasteiger partial charge in [-0.1, -0.05) is 0 Å². The van der Waals surface area contributed by atoms with Crippen molar-refractivity contribution in [1.29, 1.82) is 0 Å². The molecule has 0 saturated carbocycles. The smallest absolute Gasteiger partial charge is 0.257 e. The zero-order valence-electron chi connectivity index (χ0n) is 7.07. The number of alkyl halides is 1. The van der Waals surface area contributed by atoms with Gasteiger partial charge in [0.05, 0.1) is 17.2 Å². The number of rotatable bonds is 1. The molecule has 0 bridgehead atoms. The summed E-state index contributed by atoms with van der Waals surface area (Å²) in [5.74, 6) is 0.0110. The molecule has 13 heavy (non-hydrogen) atoms. The molecule has 0 radical (unpaired) electrons. The first-order chi connectivity index (χ1) is 6.27. The molecule has 1 saturated heterocycles. The number of hydrogen-bond donors (Lipinski definition) is 0. The number of nitrogens with zero attached hydrogens (tertiary/aromatic N) is 1. The Morgan fingerprint density at radius 1 is 1.69 bits per heavy atom. The first kappa shape index (κ1) is 8.63. The Hall–Kier alpha value is -0.960. The van der Waals surface area contributed by atoms with Gasteiger partial charge in [-0.3, -0.25) is 4.79 Å². The van der Waals surface area contributed by atoms with Crippen molar-refractivity contribution >= 4 is 17.5 Å². The summed E-state index contributed by atoms with van der Waals surface area (Å²) < 4.78 is 4.84. The molecule has 70 valence electrons. The van der Waals surface area contributed by atoms with Crippen LogP contribution in [-0.2, 0) is 0 Å². The Kier molecular flexibility index (Phi) is 2.27. The van der Waals surface area contributed by atoms with Crippen LogP contribution in [0, 0.1) is 0 Å². The largest absolute Gasteiger partial charge is 0.472 e. The maximum Gasteiger partial charge on any atom is 0.257 e. The molecule has 1 atom stereocenters. The second kappa shape index (κ2) is 3.42. The summed E-state index contributed by atoms with van der Waals surface area (Å²) in [5, 5.41) is 0.107. The Labute approximate surface area is 81.3 Å². The van der Waals surface area contributed by atoms with Gasteiger partial charge in [0.1, 0.15) is 6.26 Å². The Morgan fingerprint density at radius 3 is 3.08 bits per heavy atom. The van der Waals surface area contributed by atoms with Crippen LogP contribution in [0.25, 0.3) is 0 Å². The van der Waals surface area contributed by atoms with E-state index in [4.69, 9.17) is 16.0 Å². The molecular formula is C9H10ClNO2. The van der Waals surface area contributed by atoms with Crippen LogP contribution in [0.2, 0.25) is 0 Å². The van der Waals surface area contributed by atoms with E-state index in [2.05, 4.69) is 0 Å². The molecule has 1 aliphatic rings. The van der Waals surface area contributed by atoms with Crippen LogP contribution in [0.4, 0.5) is 0 Å². The second-order valence-electron chi connectivity index (χ2n) is 3.15. The lowest BCUT2D eigenvalue weighted by Gasteiger charge is -2.13. The van der Waals surface area contributed by atoms with Crippen molar-refractivity contribution in [2.24, 2.45) is 0 Å². The average Bonchev–Trinajstić information content (AvgIpc) is 2.72. The van der Waals surface area contributed by atoms with Crippen LogP contribution in [0.1, 0.15) is 16.8 Å². The van der Waals surface area contributed by atoms with Crippen LogP contribution in [-0.4, -0.2) is 29.3 Å². The molecule has 2 rings (SSSR count). The first-order valence-electron chi connectivity index (χ1n) is 4.23. The van der Waals surface area contributed by atoms with E-state index in [1.165, 1.54) is 12.5 Å². The highest BCUT2D eigenvalue weighted by atomic mass is 35.5. The minimum atomic E-state index is 0.0110. The van der Waals surface area contributed by atoms with Gasteiger partial charge in [0, 0.05) is 13.1 Å². The molecule has 3 nitrogen and oxygen atoms in total. The number of furan rings is 1. The zero-order chi connectivity index (χ0) is 9.26. The summed E-state index contributed by atoms with van der Waals surface area (Å²) in [6, 6.07) is 1.67. The number of carbonyl (C=O) groups is 1. The molecule has 1 amide bonds. The number of amides is 1. The zero-order valence-corrected chi connectivity index (χ0v) is 7.83. The highest BCUT2D eigenvalue weighted by Crippen LogP contribution is 2.17. The minimum absolute atomic E-state index is 0.0110. The maximum absolute atomic E-state index is 11.7. The first-order valence-corrected chi connectivity index (χ1v) is 4.66. The van der Waals surface area contributed by atoms with Gasteiger partial charge in [0.25, 0.3) is 5.91 Å². The summed E-state index contributed by atoms with van der Waals surface area (Å²) in [6.07, 6.45) is 3.84. The quantitative estimate of drug-likeness (QED) is 0.646. The van der Waals surface area contributed by atoms with Crippen molar-refractivity contribution in [2.45, 2.75) is 11.8 Å². The van der Waals surface area contributed by atoms with Crippen molar-refractivity contribution in [3.05, 3.63) is 24.2 Å². The molecule has 1 aromatic heterocycles. The van der Waals surface area contributed by atoms with E-state index in [1.54, 1.807) is 11.0 Å². The molecule has 0 aliphatic carbocycles. The molecule has 0 N–H and O–H groups in total. The third-order valence-corrected chi connectivity index (χ3v) is 2.54. The summed E-state index contributed by atoms with van der Waals surface area (Å²) in [5.41, 5.74) is 0.603. The molecule has 1 fully saturated rings. The fraction of sp³-hybridized carbons (Fsp3) is 0.444. The van der Waals surface area contributed by atoms with E-state index in [9.17, 15) is 4.79 Å². The molecule has 4 heteroatoms. The predicted molar refractivity (Wildman–Crippen MR) is 48.9 cm³/mol. The summed E-state index contributed by atoms with van der Waals surface area (Å²) >= 11 is 5.90. The SMILES string of the molecule is O=C(c1ccoc1)N1CCC(Cl)C1.